The summed E-state index contributed by atoms with van der Waals surface area (Å²) in [5.41, 5.74) is 2.22. The quantitative estimate of drug-likeness (QED) is 0.526. The Hall–Kier alpha value is -2.01. The molecule has 1 heterocycles. The predicted octanol–water partition coefficient (Wildman–Crippen LogP) is 4.95. The van der Waals surface area contributed by atoms with E-state index in [9.17, 15) is 0 Å². The van der Waals surface area contributed by atoms with Crippen LogP contribution in [0.5, 0.6) is 5.75 Å². The zero-order chi connectivity index (χ0) is 18.2. The van der Waals surface area contributed by atoms with Gasteiger partial charge >= 0.3 is 0 Å². The summed E-state index contributed by atoms with van der Waals surface area (Å²) in [4.78, 5) is 4.04. The van der Waals surface area contributed by atoms with E-state index >= 15 is 0 Å². The van der Waals surface area contributed by atoms with E-state index in [0.717, 1.165) is 37.4 Å². The number of nitrogens with one attached hydrogen (secondary N) is 1. The van der Waals surface area contributed by atoms with Crippen molar-refractivity contribution in [1.29, 1.82) is 0 Å². The Morgan fingerprint density at radius 3 is 2.54 bits per heavy atom. The van der Waals surface area contributed by atoms with Gasteiger partial charge in [-0.1, -0.05) is 41.4 Å². The third-order valence-electron chi connectivity index (χ3n) is 3.97. The summed E-state index contributed by atoms with van der Waals surface area (Å²) in [6.07, 6.45) is 6.70. The lowest BCUT2D eigenvalue weighted by molar-refractivity contribution is 0.306. The molecular formula is C20H21Cl2N3O. The number of ether oxygens (including phenoxy) is 1. The second-order valence-corrected chi connectivity index (χ2v) is 6.83. The van der Waals surface area contributed by atoms with Gasteiger partial charge in [0, 0.05) is 25.5 Å². The summed E-state index contributed by atoms with van der Waals surface area (Å²) < 4.78 is 7.88. The van der Waals surface area contributed by atoms with Gasteiger partial charge in [0.1, 0.15) is 12.4 Å². The fourth-order valence-electron chi connectivity index (χ4n) is 2.54. The molecule has 3 rings (SSSR count). The highest BCUT2D eigenvalue weighted by molar-refractivity contribution is 6.42. The van der Waals surface area contributed by atoms with Gasteiger partial charge in [0.05, 0.1) is 16.4 Å². The van der Waals surface area contributed by atoms with Crippen molar-refractivity contribution in [3.63, 3.8) is 0 Å². The maximum atomic E-state index is 6.02. The van der Waals surface area contributed by atoms with E-state index in [1.165, 1.54) is 5.56 Å². The van der Waals surface area contributed by atoms with Crippen LogP contribution >= 0.6 is 23.2 Å². The Bertz CT molecular complexity index is 804. The highest BCUT2D eigenvalue weighted by Gasteiger charge is 2.01. The van der Waals surface area contributed by atoms with Gasteiger partial charge in [-0.25, -0.2) is 4.98 Å². The molecule has 1 N–H and O–H groups in total. The predicted molar refractivity (Wildman–Crippen MR) is 106 cm³/mol. The highest BCUT2D eigenvalue weighted by atomic mass is 35.5. The number of benzene rings is 2. The second-order valence-electron chi connectivity index (χ2n) is 6.01. The van der Waals surface area contributed by atoms with Crippen molar-refractivity contribution < 1.29 is 4.74 Å². The van der Waals surface area contributed by atoms with Crippen molar-refractivity contribution in [3.8, 4) is 5.75 Å². The van der Waals surface area contributed by atoms with Gasteiger partial charge in [-0.15, -0.1) is 0 Å². The number of nitrogens with zero attached hydrogens (tertiary/aromatic N) is 2. The minimum absolute atomic E-state index is 0.461. The van der Waals surface area contributed by atoms with E-state index in [2.05, 4.69) is 27.0 Å². The minimum atomic E-state index is 0.461. The van der Waals surface area contributed by atoms with Crippen molar-refractivity contribution >= 4 is 23.2 Å². The maximum absolute atomic E-state index is 6.02. The molecule has 0 amide bonds. The standard InChI is InChI=1S/C20H21Cl2N3O/c21-19-7-4-17(12-20(19)22)14-26-18-5-2-16(3-6-18)13-23-8-1-10-25-11-9-24-15-25/h2-7,9,11-12,15,23H,1,8,10,13-14H2. The molecule has 0 saturated carbocycles. The molecule has 0 bridgehead atoms. The molecule has 26 heavy (non-hydrogen) atoms. The summed E-state index contributed by atoms with van der Waals surface area (Å²) in [5, 5.41) is 4.55. The van der Waals surface area contributed by atoms with Crippen LogP contribution in [0.3, 0.4) is 0 Å². The summed E-state index contributed by atoms with van der Waals surface area (Å²) >= 11 is 11.9. The van der Waals surface area contributed by atoms with Crippen molar-refractivity contribution in [2.24, 2.45) is 0 Å². The summed E-state index contributed by atoms with van der Waals surface area (Å²) in [6.45, 7) is 3.25. The molecule has 1 aromatic heterocycles. The first-order valence-electron chi connectivity index (χ1n) is 8.53. The first kappa shape index (κ1) is 18.8. The Balaban J connectivity index is 1.38. The zero-order valence-electron chi connectivity index (χ0n) is 14.4. The average Bonchev–Trinajstić information content (AvgIpc) is 3.17. The van der Waals surface area contributed by atoms with Crippen LogP contribution in [0.4, 0.5) is 0 Å². The van der Waals surface area contributed by atoms with Crippen LogP contribution in [-0.2, 0) is 19.7 Å². The minimum Gasteiger partial charge on any atom is -0.489 e. The average molecular weight is 390 g/mol. The third-order valence-corrected chi connectivity index (χ3v) is 4.71. The van der Waals surface area contributed by atoms with Crippen LogP contribution in [-0.4, -0.2) is 16.1 Å². The molecule has 3 aromatic rings. The summed E-state index contributed by atoms with van der Waals surface area (Å²) in [6, 6.07) is 13.6. The molecule has 0 fully saturated rings. The van der Waals surface area contributed by atoms with E-state index in [4.69, 9.17) is 27.9 Å². The molecule has 0 aliphatic heterocycles. The first-order valence-corrected chi connectivity index (χ1v) is 9.28. The lowest BCUT2D eigenvalue weighted by Gasteiger charge is -2.09. The van der Waals surface area contributed by atoms with Crippen molar-refractivity contribution in [2.45, 2.75) is 26.1 Å². The molecule has 0 radical (unpaired) electrons. The second kappa shape index (κ2) is 9.62. The van der Waals surface area contributed by atoms with E-state index in [1.807, 2.05) is 36.8 Å². The zero-order valence-corrected chi connectivity index (χ0v) is 15.9. The van der Waals surface area contributed by atoms with Crippen LogP contribution < -0.4 is 10.1 Å². The van der Waals surface area contributed by atoms with Crippen LogP contribution in [0.1, 0.15) is 17.5 Å². The number of hydrogen-bond donors (Lipinski definition) is 1. The number of halogens is 2. The molecule has 0 aliphatic carbocycles. The molecule has 6 heteroatoms. The SMILES string of the molecule is Clc1ccc(COc2ccc(CNCCCn3ccnc3)cc2)cc1Cl. The maximum Gasteiger partial charge on any atom is 0.119 e. The van der Waals surface area contributed by atoms with Gasteiger partial charge in [-0.2, -0.15) is 0 Å². The molecule has 2 aromatic carbocycles. The lowest BCUT2D eigenvalue weighted by Crippen LogP contribution is -2.16. The number of aryl methyl sites for hydroxylation is 1. The molecule has 0 atom stereocenters. The number of imidazole rings is 1. The molecule has 0 unspecified atom stereocenters. The number of aromatic nitrogens is 2. The Morgan fingerprint density at radius 2 is 1.81 bits per heavy atom. The van der Waals surface area contributed by atoms with Crippen LogP contribution in [0.25, 0.3) is 0 Å². The van der Waals surface area contributed by atoms with Crippen molar-refractivity contribution in [3.05, 3.63) is 82.4 Å². The summed E-state index contributed by atoms with van der Waals surface area (Å²) in [5.74, 6) is 0.833. The van der Waals surface area contributed by atoms with E-state index in [1.54, 1.807) is 12.3 Å². The first-order chi connectivity index (χ1) is 12.7. The fraction of sp³-hybridized carbons (Fsp3) is 0.250. The van der Waals surface area contributed by atoms with Gasteiger partial charge in [0.25, 0.3) is 0 Å². The normalized spacial score (nSPS) is 10.8. The van der Waals surface area contributed by atoms with Gasteiger partial charge in [-0.05, 0) is 48.4 Å². The Kier molecular flexibility index (Phi) is 6.95. The lowest BCUT2D eigenvalue weighted by atomic mass is 10.2. The number of hydrogen-bond acceptors (Lipinski definition) is 3. The highest BCUT2D eigenvalue weighted by Crippen LogP contribution is 2.23. The van der Waals surface area contributed by atoms with Crippen molar-refractivity contribution in [2.75, 3.05) is 6.54 Å². The number of rotatable bonds is 9. The van der Waals surface area contributed by atoms with Gasteiger partial charge in [0.2, 0.25) is 0 Å². The smallest absolute Gasteiger partial charge is 0.119 e. The molecule has 0 aliphatic rings. The van der Waals surface area contributed by atoms with Crippen LogP contribution in [0, 0.1) is 0 Å². The Morgan fingerprint density at radius 1 is 1.00 bits per heavy atom. The Labute approximate surface area is 163 Å². The van der Waals surface area contributed by atoms with Gasteiger partial charge in [-0.3, -0.25) is 0 Å². The van der Waals surface area contributed by atoms with Gasteiger partial charge < -0.3 is 14.6 Å². The molecular weight excluding hydrogens is 369 g/mol. The van der Waals surface area contributed by atoms with Crippen molar-refractivity contribution in [1.82, 2.24) is 14.9 Å². The van der Waals surface area contributed by atoms with E-state index < -0.39 is 0 Å². The van der Waals surface area contributed by atoms with E-state index in [0.29, 0.717) is 16.7 Å². The van der Waals surface area contributed by atoms with Gasteiger partial charge in [0.15, 0.2) is 0 Å². The molecule has 136 valence electrons. The summed E-state index contributed by atoms with van der Waals surface area (Å²) in [7, 11) is 0. The molecule has 0 saturated heterocycles. The fourth-order valence-corrected chi connectivity index (χ4v) is 2.86. The largest absolute Gasteiger partial charge is 0.489 e. The van der Waals surface area contributed by atoms with E-state index in [-0.39, 0.29) is 0 Å². The monoisotopic (exact) mass is 389 g/mol. The third kappa shape index (κ3) is 5.77. The van der Waals surface area contributed by atoms with Crippen LogP contribution in [0.2, 0.25) is 10.0 Å². The van der Waals surface area contributed by atoms with Crippen LogP contribution in [0.15, 0.2) is 61.2 Å². The topological polar surface area (TPSA) is 39.1 Å². The molecule has 4 nitrogen and oxygen atoms in total. The molecule has 0 spiro atoms.